The van der Waals surface area contributed by atoms with Crippen LogP contribution in [0.1, 0.15) is 29.8 Å². The molecule has 0 bridgehead atoms. The molecule has 0 aliphatic rings. The average molecular weight is 349 g/mol. The first kappa shape index (κ1) is 15.5. The van der Waals surface area contributed by atoms with Crippen LogP contribution in [0.2, 0.25) is 0 Å². The average Bonchev–Trinajstić information content (AvgIpc) is 2.52. The Bertz CT molecular complexity index is 645. The van der Waals surface area contributed by atoms with Crippen LogP contribution in [0.25, 0.3) is 0 Å². The number of hydrogen-bond acceptors (Lipinski definition) is 4. The molecule has 0 saturated heterocycles. The van der Waals surface area contributed by atoms with Crippen molar-refractivity contribution >= 4 is 21.8 Å². The molecule has 1 aromatic carbocycles. The molecule has 110 valence electrons. The quantitative estimate of drug-likeness (QED) is 0.335. The zero-order chi connectivity index (χ0) is 15.2. The van der Waals surface area contributed by atoms with Crippen LogP contribution in [0.5, 0.6) is 0 Å². The van der Waals surface area contributed by atoms with Gasteiger partial charge >= 0.3 is 0 Å². The maximum Gasteiger partial charge on any atom is 0.188 e. The highest BCUT2D eigenvalue weighted by Gasteiger charge is 2.09. The molecule has 6 heteroatoms. The van der Waals surface area contributed by atoms with Gasteiger partial charge in [-0.3, -0.25) is 4.98 Å². The van der Waals surface area contributed by atoms with Crippen LogP contribution in [0.3, 0.4) is 0 Å². The Morgan fingerprint density at radius 3 is 2.90 bits per heavy atom. The van der Waals surface area contributed by atoms with E-state index in [1.807, 2.05) is 24.3 Å². The molecular formula is C15H17BrN4O. The van der Waals surface area contributed by atoms with Crippen LogP contribution in [-0.4, -0.2) is 16.0 Å². The van der Waals surface area contributed by atoms with Crippen molar-refractivity contribution in [1.82, 2.24) is 10.3 Å². The molecule has 21 heavy (non-hydrogen) atoms. The van der Waals surface area contributed by atoms with Gasteiger partial charge in [-0.15, -0.1) is 0 Å². The Morgan fingerprint density at radius 1 is 1.43 bits per heavy atom. The summed E-state index contributed by atoms with van der Waals surface area (Å²) < 4.78 is 1.08. The molecule has 0 unspecified atom stereocenters. The zero-order valence-corrected chi connectivity index (χ0v) is 13.2. The fraction of sp³-hybridized carbons (Fsp3) is 0.200. The summed E-state index contributed by atoms with van der Waals surface area (Å²) in [5, 5.41) is 15.1. The predicted molar refractivity (Wildman–Crippen MR) is 86.1 cm³/mol. The van der Waals surface area contributed by atoms with Gasteiger partial charge in [0.05, 0.1) is 0 Å². The molecule has 0 aliphatic heterocycles. The molecule has 0 amide bonds. The van der Waals surface area contributed by atoms with E-state index in [0.717, 1.165) is 10.0 Å². The Morgan fingerprint density at radius 2 is 2.19 bits per heavy atom. The maximum absolute atomic E-state index is 8.68. The molecule has 0 saturated carbocycles. The maximum atomic E-state index is 8.68. The van der Waals surface area contributed by atoms with Gasteiger partial charge in [-0.05, 0) is 36.2 Å². The van der Waals surface area contributed by atoms with Gasteiger partial charge in [-0.1, -0.05) is 39.3 Å². The summed E-state index contributed by atoms with van der Waals surface area (Å²) in [6.07, 6.45) is 1.65. The first-order chi connectivity index (χ1) is 10.1. The number of nitrogens with zero attached hydrogens (tertiary/aromatic N) is 2. The van der Waals surface area contributed by atoms with Crippen LogP contribution in [0.4, 0.5) is 0 Å². The van der Waals surface area contributed by atoms with Crippen molar-refractivity contribution in [2.24, 2.45) is 10.9 Å². The highest BCUT2D eigenvalue weighted by molar-refractivity contribution is 9.10. The second-order valence-electron chi connectivity index (χ2n) is 4.66. The number of halogens is 1. The highest BCUT2D eigenvalue weighted by Crippen LogP contribution is 2.22. The van der Waals surface area contributed by atoms with Crippen LogP contribution in [-0.2, 0) is 6.54 Å². The summed E-state index contributed by atoms with van der Waals surface area (Å²) in [6.45, 7) is 2.77. The van der Waals surface area contributed by atoms with E-state index in [-0.39, 0.29) is 11.9 Å². The number of oxime groups is 1. The van der Waals surface area contributed by atoms with Crippen molar-refractivity contribution in [2.75, 3.05) is 0 Å². The summed E-state index contributed by atoms with van der Waals surface area (Å²) in [5.74, 6) is 0.00991. The fourth-order valence-corrected chi connectivity index (χ4v) is 2.61. The van der Waals surface area contributed by atoms with Crippen molar-refractivity contribution in [3.05, 3.63) is 63.9 Å². The minimum atomic E-state index is 0.00991. The summed E-state index contributed by atoms with van der Waals surface area (Å²) in [5.41, 5.74) is 8.22. The van der Waals surface area contributed by atoms with Gasteiger partial charge in [0.25, 0.3) is 0 Å². The minimum absolute atomic E-state index is 0.00991. The lowest BCUT2D eigenvalue weighted by Gasteiger charge is -2.16. The highest BCUT2D eigenvalue weighted by atomic mass is 79.9. The number of pyridine rings is 1. The molecule has 0 fully saturated rings. The van der Waals surface area contributed by atoms with Gasteiger partial charge in [0.15, 0.2) is 5.84 Å². The van der Waals surface area contributed by atoms with Gasteiger partial charge in [0.1, 0.15) is 5.69 Å². The third-order valence-corrected chi connectivity index (χ3v) is 3.90. The summed E-state index contributed by atoms with van der Waals surface area (Å²) in [6, 6.07) is 12.0. The van der Waals surface area contributed by atoms with Gasteiger partial charge in [-0.2, -0.15) is 0 Å². The van der Waals surface area contributed by atoms with E-state index in [2.05, 4.69) is 44.4 Å². The third-order valence-electron chi connectivity index (χ3n) is 3.18. The van der Waals surface area contributed by atoms with E-state index in [0.29, 0.717) is 12.2 Å². The lowest BCUT2D eigenvalue weighted by atomic mass is 10.1. The van der Waals surface area contributed by atoms with Crippen molar-refractivity contribution < 1.29 is 5.21 Å². The number of nitrogens with one attached hydrogen (secondary N) is 1. The molecule has 0 aliphatic carbocycles. The van der Waals surface area contributed by atoms with Crippen LogP contribution < -0.4 is 11.1 Å². The number of aromatic nitrogens is 1. The van der Waals surface area contributed by atoms with E-state index < -0.39 is 0 Å². The predicted octanol–water partition coefficient (Wildman–Crippen LogP) is 2.79. The third kappa shape index (κ3) is 4.03. The molecule has 1 aromatic heterocycles. The first-order valence-corrected chi connectivity index (χ1v) is 7.31. The monoisotopic (exact) mass is 348 g/mol. The number of nitrogens with two attached hydrogens (primary N) is 1. The Hall–Kier alpha value is -1.92. The molecule has 2 aromatic rings. The number of rotatable bonds is 5. The molecule has 4 N–H and O–H groups in total. The second-order valence-corrected chi connectivity index (χ2v) is 5.51. The van der Waals surface area contributed by atoms with E-state index in [9.17, 15) is 0 Å². The lowest BCUT2D eigenvalue weighted by molar-refractivity contribution is 0.318. The second kappa shape index (κ2) is 7.19. The van der Waals surface area contributed by atoms with E-state index >= 15 is 0 Å². The topological polar surface area (TPSA) is 83.5 Å². The largest absolute Gasteiger partial charge is 0.409 e. The van der Waals surface area contributed by atoms with Gasteiger partial charge in [0, 0.05) is 23.3 Å². The van der Waals surface area contributed by atoms with Gasteiger partial charge in [0.2, 0.25) is 0 Å². The Kier molecular flexibility index (Phi) is 5.30. The number of amidine groups is 1. The summed E-state index contributed by atoms with van der Waals surface area (Å²) in [4.78, 5) is 4.06. The first-order valence-electron chi connectivity index (χ1n) is 6.52. The van der Waals surface area contributed by atoms with Crippen LogP contribution in [0.15, 0.2) is 52.2 Å². The summed E-state index contributed by atoms with van der Waals surface area (Å²) in [7, 11) is 0. The smallest absolute Gasteiger partial charge is 0.188 e. The lowest BCUT2D eigenvalue weighted by Crippen LogP contribution is -2.20. The molecule has 1 atom stereocenters. The molecule has 0 radical (unpaired) electrons. The van der Waals surface area contributed by atoms with Crippen LogP contribution in [0, 0.1) is 0 Å². The SMILES string of the molecule is C[C@@H](NCc1ccnc(/C(N)=N/O)c1)c1ccccc1Br. The zero-order valence-electron chi connectivity index (χ0n) is 11.6. The molecule has 1 heterocycles. The molecule has 2 rings (SSSR count). The van der Waals surface area contributed by atoms with E-state index in [1.165, 1.54) is 5.56 Å². The van der Waals surface area contributed by atoms with Crippen LogP contribution >= 0.6 is 15.9 Å². The van der Waals surface area contributed by atoms with Crippen molar-refractivity contribution in [3.63, 3.8) is 0 Å². The van der Waals surface area contributed by atoms with E-state index in [4.69, 9.17) is 10.9 Å². The van der Waals surface area contributed by atoms with E-state index in [1.54, 1.807) is 12.3 Å². The van der Waals surface area contributed by atoms with Crippen molar-refractivity contribution in [1.29, 1.82) is 0 Å². The number of benzene rings is 1. The minimum Gasteiger partial charge on any atom is -0.409 e. The standard InChI is InChI=1S/C15H17BrN4O/c1-10(12-4-2-3-5-13(12)16)19-9-11-6-7-18-14(8-11)15(17)20-21/h2-8,10,19,21H,9H2,1H3,(H2,17,20)/t10-/m1/s1. The normalized spacial score (nSPS) is 13.1. The Labute approximate surface area is 132 Å². The Balaban J connectivity index is 2.05. The van der Waals surface area contributed by atoms with Crippen molar-refractivity contribution in [2.45, 2.75) is 19.5 Å². The summed E-state index contributed by atoms with van der Waals surface area (Å²) >= 11 is 3.55. The molecule has 0 spiro atoms. The van der Waals surface area contributed by atoms with Gasteiger partial charge in [-0.25, -0.2) is 0 Å². The van der Waals surface area contributed by atoms with Crippen molar-refractivity contribution in [3.8, 4) is 0 Å². The molecule has 5 nitrogen and oxygen atoms in total. The fourth-order valence-electron chi connectivity index (χ4n) is 1.98. The van der Waals surface area contributed by atoms with Gasteiger partial charge < -0.3 is 16.3 Å². The molecular weight excluding hydrogens is 332 g/mol. The number of hydrogen-bond donors (Lipinski definition) is 3.